The van der Waals surface area contributed by atoms with E-state index in [9.17, 15) is 4.79 Å². The first-order chi connectivity index (χ1) is 16.1. The van der Waals surface area contributed by atoms with Gasteiger partial charge in [-0.05, 0) is 68.8 Å². The fourth-order valence-corrected chi connectivity index (χ4v) is 4.19. The topological polar surface area (TPSA) is 66.4 Å². The first-order valence-corrected chi connectivity index (χ1v) is 11.8. The van der Waals surface area contributed by atoms with E-state index in [2.05, 4.69) is 22.4 Å². The first-order valence-electron chi connectivity index (χ1n) is 11.8. The van der Waals surface area contributed by atoms with Crippen molar-refractivity contribution in [3.8, 4) is 5.75 Å². The van der Waals surface area contributed by atoms with Gasteiger partial charge in [-0.3, -0.25) is 14.7 Å². The molecule has 0 atom stereocenters. The van der Waals surface area contributed by atoms with Gasteiger partial charge in [0.2, 0.25) is 0 Å². The third-order valence-corrected chi connectivity index (χ3v) is 6.28. The SMILES string of the molecule is CC1=NN(c2ccc(C(=O)NCc3cccc(OCCN(C)C4CCOCC4)c3)cc2)CC1. The van der Waals surface area contributed by atoms with Crippen LogP contribution in [0.4, 0.5) is 5.69 Å². The van der Waals surface area contributed by atoms with E-state index in [-0.39, 0.29) is 5.91 Å². The molecule has 1 amide bonds. The highest BCUT2D eigenvalue weighted by Gasteiger charge is 2.18. The Hall–Kier alpha value is -2.90. The molecule has 0 saturated carbocycles. The van der Waals surface area contributed by atoms with Crippen molar-refractivity contribution in [2.24, 2.45) is 5.10 Å². The standard InChI is InChI=1S/C26H34N4O3/c1-20-10-13-30(28-20)24-8-6-22(7-9-24)26(31)27-19-21-4-3-5-25(18-21)33-17-14-29(2)23-11-15-32-16-12-23/h3-9,18,23H,10-17,19H2,1-2H3,(H,27,31). The summed E-state index contributed by atoms with van der Waals surface area (Å²) in [6.45, 7) is 6.59. The summed E-state index contributed by atoms with van der Waals surface area (Å²) < 4.78 is 11.4. The Kier molecular flexibility index (Phi) is 7.96. The van der Waals surface area contributed by atoms with Gasteiger partial charge in [-0.25, -0.2) is 0 Å². The second-order valence-electron chi connectivity index (χ2n) is 8.76. The summed E-state index contributed by atoms with van der Waals surface area (Å²) in [4.78, 5) is 14.9. The minimum atomic E-state index is -0.0907. The summed E-state index contributed by atoms with van der Waals surface area (Å²) in [6, 6.07) is 16.1. The van der Waals surface area contributed by atoms with Crippen LogP contribution < -0.4 is 15.1 Å². The van der Waals surface area contributed by atoms with Crippen molar-refractivity contribution in [1.29, 1.82) is 0 Å². The Labute approximate surface area is 196 Å². The molecule has 2 heterocycles. The zero-order valence-corrected chi connectivity index (χ0v) is 19.6. The lowest BCUT2D eigenvalue weighted by Crippen LogP contribution is -2.38. The highest BCUT2D eigenvalue weighted by atomic mass is 16.5. The fraction of sp³-hybridized carbons (Fsp3) is 0.462. The van der Waals surface area contributed by atoms with Crippen molar-refractivity contribution < 1.29 is 14.3 Å². The molecule has 0 aliphatic carbocycles. The van der Waals surface area contributed by atoms with Crippen molar-refractivity contribution in [2.75, 3.05) is 45.0 Å². The molecular formula is C26H34N4O3. The third-order valence-electron chi connectivity index (χ3n) is 6.28. The second-order valence-corrected chi connectivity index (χ2v) is 8.76. The quantitative estimate of drug-likeness (QED) is 0.631. The van der Waals surface area contributed by atoms with E-state index in [1.807, 2.05) is 60.5 Å². The van der Waals surface area contributed by atoms with E-state index in [0.717, 1.165) is 68.3 Å². The number of nitrogens with one attached hydrogen (secondary N) is 1. The zero-order chi connectivity index (χ0) is 23.0. The van der Waals surface area contributed by atoms with Gasteiger partial charge in [-0.1, -0.05) is 12.1 Å². The second kappa shape index (κ2) is 11.3. The average molecular weight is 451 g/mol. The molecule has 0 radical (unpaired) electrons. The van der Waals surface area contributed by atoms with Gasteiger partial charge in [0.05, 0.1) is 5.69 Å². The number of carbonyl (C=O) groups is 1. The normalized spacial score (nSPS) is 16.7. The molecule has 0 spiro atoms. The van der Waals surface area contributed by atoms with Crippen molar-refractivity contribution in [3.05, 3.63) is 59.7 Å². The number of benzene rings is 2. The molecule has 2 aliphatic heterocycles. The number of hydrogen-bond acceptors (Lipinski definition) is 6. The first kappa shape index (κ1) is 23.3. The number of likely N-dealkylation sites (N-methyl/N-ethyl adjacent to an activating group) is 1. The molecule has 2 aliphatic rings. The average Bonchev–Trinajstić information content (AvgIpc) is 3.29. The summed E-state index contributed by atoms with van der Waals surface area (Å²) in [5.41, 5.74) is 3.80. The highest BCUT2D eigenvalue weighted by Crippen LogP contribution is 2.20. The van der Waals surface area contributed by atoms with Crippen molar-refractivity contribution in [2.45, 2.75) is 38.8 Å². The van der Waals surface area contributed by atoms with Crippen LogP contribution in [-0.2, 0) is 11.3 Å². The molecule has 2 aromatic rings. The Bertz CT molecular complexity index is 954. The molecule has 1 saturated heterocycles. The molecule has 33 heavy (non-hydrogen) atoms. The smallest absolute Gasteiger partial charge is 0.251 e. The molecular weight excluding hydrogens is 416 g/mol. The van der Waals surface area contributed by atoms with Crippen LogP contribution in [-0.4, -0.2) is 62.5 Å². The Morgan fingerprint density at radius 3 is 2.73 bits per heavy atom. The van der Waals surface area contributed by atoms with Gasteiger partial charge >= 0.3 is 0 Å². The van der Waals surface area contributed by atoms with Crippen LogP contribution >= 0.6 is 0 Å². The molecule has 7 nitrogen and oxygen atoms in total. The van der Waals surface area contributed by atoms with Crippen LogP contribution in [0.25, 0.3) is 0 Å². The molecule has 1 fully saturated rings. The van der Waals surface area contributed by atoms with Gasteiger partial charge in [0, 0.05) is 56.6 Å². The van der Waals surface area contributed by atoms with E-state index in [1.165, 1.54) is 0 Å². The van der Waals surface area contributed by atoms with Crippen LogP contribution in [0.1, 0.15) is 42.1 Å². The molecule has 0 unspecified atom stereocenters. The monoisotopic (exact) mass is 450 g/mol. The Morgan fingerprint density at radius 2 is 2.00 bits per heavy atom. The maximum Gasteiger partial charge on any atom is 0.251 e. The Balaban J connectivity index is 1.23. The molecule has 0 bridgehead atoms. The molecule has 0 aromatic heterocycles. The van der Waals surface area contributed by atoms with Crippen LogP contribution in [0.2, 0.25) is 0 Å². The number of rotatable bonds is 9. The van der Waals surface area contributed by atoms with Crippen molar-refractivity contribution in [3.63, 3.8) is 0 Å². The number of anilines is 1. The predicted molar refractivity (Wildman–Crippen MR) is 131 cm³/mol. The van der Waals surface area contributed by atoms with Gasteiger partial charge in [-0.2, -0.15) is 5.10 Å². The number of ether oxygens (including phenoxy) is 2. The van der Waals surface area contributed by atoms with E-state index < -0.39 is 0 Å². The number of amides is 1. The van der Waals surface area contributed by atoms with Gasteiger partial charge in [0.25, 0.3) is 5.91 Å². The fourth-order valence-electron chi connectivity index (χ4n) is 4.19. The van der Waals surface area contributed by atoms with Crippen LogP contribution in [0.3, 0.4) is 0 Å². The van der Waals surface area contributed by atoms with Crippen molar-refractivity contribution >= 4 is 17.3 Å². The predicted octanol–water partition coefficient (Wildman–Crippen LogP) is 3.69. The van der Waals surface area contributed by atoms with Crippen LogP contribution in [0.15, 0.2) is 53.6 Å². The summed E-state index contributed by atoms with van der Waals surface area (Å²) in [5, 5.41) is 9.48. The molecule has 4 rings (SSSR count). The van der Waals surface area contributed by atoms with E-state index in [0.29, 0.717) is 24.8 Å². The van der Waals surface area contributed by atoms with Gasteiger partial charge in [0.1, 0.15) is 12.4 Å². The minimum Gasteiger partial charge on any atom is -0.492 e. The number of hydrogen-bond donors (Lipinski definition) is 1. The number of hydrazone groups is 1. The van der Waals surface area contributed by atoms with Crippen molar-refractivity contribution in [1.82, 2.24) is 10.2 Å². The van der Waals surface area contributed by atoms with E-state index in [1.54, 1.807) is 0 Å². The molecule has 2 aromatic carbocycles. The maximum atomic E-state index is 12.6. The molecule has 1 N–H and O–H groups in total. The lowest BCUT2D eigenvalue weighted by Gasteiger charge is -2.31. The highest BCUT2D eigenvalue weighted by molar-refractivity contribution is 5.94. The zero-order valence-electron chi connectivity index (χ0n) is 19.6. The summed E-state index contributed by atoms with van der Waals surface area (Å²) in [7, 11) is 2.15. The molecule has 7 heteroatoms. The molecule has 176 valence electrons. The van der Waals surface area contributed by atoms with Crippen LogP contribution in [0, 0.1) is 0 Å². The summed E-state index contributed by atoms with van der Waals surface area (Å²) >= 11 is 0. The third kappa shape index (κ3) is 6.55. The lowest BCUT2D eigenvalue weighted by atomic mass is 10.1. The van der Waals surface area contributed by atoms with Crippen LogP contribution in [0.5, 0.6) is 5.75 Å². The van der Waals surface area contributed by atoms with E-state index in [4.69, 9.17) is 9.47 Å². The number of carbonyl (C=O) groups excluding carboxylic acids is 1. The lowest BCUT2D eigenvalue weighted by molar-refractivity contribution is 0.0392. The largest absolute Gasteiger partial charge is 0.492 e. The van der Waals surface area contributed by atoms with Gasteiger partial charge in [0.15, 0.2) is 0 Å². The maximum absolute atomic E-state index is 12.6. The van der Waals surface area contributed by atoms with Gasteiger partial charge in [-0.15, -0.1) is 0 Å². The minimum absolute atomic E-state index is 0.0907. The summed E-state index contributed by atoms with van der Waals surface area (Å²) in [6.07, 6.45) is 3.15. The van der Waals surface area contributed by atoms with Gasteiger partial charge < -0.3 is 14.8 Å². The summed E-state index contributed by atoms with van der Waals surface area (Å²) in [5.74, 6) is 0.736. The number of nitrogens with zero attached hydrogens (tertiary/aromatic N) is 3. The Morgan fingerprint density at radius 1 is 1.21 bits per heavy atom. The van der Waals surface area contributed by atoms with E-state index >= 15 is 0 Å².